The third-order valence-corrected chi connectivity index (χ3v) is 10.3. The molecule has 160 valence electrons. The Balaban J connectivity index is 2.55. The minimum absolute atomic E-state index is 0.0356. The average molecular weight is 418 g/mol. The van der Waals surface area contributed by atoms with Gasteiger partial charge in [-0.1, -0.05) is 57.2 Å². The number of rotatable bonds is 4. The second-order valence-corrected chi connectivity index (χ2v) is 15.1. The number of benzene rings is 1. The van der Waals surface area contributed by atoms with Gasteiger partial charge in [0.05, 0.1) is 6.04 Å². The molecular formula is C23H35NO4Si. The number of carbonyl (C=O) groups is 2. The SMILES string of the molecule is CC(C)(C)OC(=O)N1C(=O)C=C[C@H]1[C@@](C)(O[Si](C)(C)C(C)(C)C)c1ccccc1. The fourth-order valence-electron chi connectivity index (χ4n) is 3.16. The third-order valence-electron chi connectivity index (χ3n) is 5.71. The molecule has 2 amide bonds. The number of hydrogen-bond acceptors (Lipinski definition) is 4. The van der Waals surface area contributed by atoms with E-state index in [9.17, 15) is 9.59 Å². The molecule has 1 aromatic rings. The van der Waals surface area contributed by atoms with Crippen LogP contribution in [-0.2, 0) is 19.6 Å². The maximum Gasteiger partial charge on any atom is 0.417 e. The highest BCUT2D eigenvalue weighted by molar-refractivity contribution is 6.74. The predicted molar refractivity (Wildman–Crippen MR) is 118 cm³/mol. The van der Waals surface area contributed by atoms with E-state index in [4.69, 9.17) is 9.16 Å². The van der Waals surface area contributed by atoms with Gasteiger partial charge in [-0.25, -0.2) is 9.69 Å². The van der Waals surface area contributed by atoms with E-state index in [1.54, 1.807) is 26.8 Å². The van der Waals surface area contributed by atoms with Crippen molar-refractivity contribution in [1.29, 1.82) is 0 Å². The number of amides is 2. The summed E-state index contributed by atoms with van der Waals surface area (Å²) in [6, 6.07) is 9.20. The summed E-state index contributed by atoms with van der Waals surface area (Å²) < 4.78 is 12.4. The van der Waals surface area contributed by atoms with Gasteiger partial charge in [0.25, 0.3) is 5.91 Å². The molecule has 1 aliphatic heterocycles. The molecule has 0 radical (unpaired) electrons. The predicted octanol–water partition coefficient (Wildman–Crippen LogP) is 5.63. The lowest BCUT2D eigenvalue weighted by molar-refractivity contribution is -0.129. The Kier molecular flexibility index (Phi) is 6.22. The summed E-state index contributed by atoms with van der Waals surface area (Å²) in [5, 5.41) is -0.0356. The van der Waals surface area contributed by atoms with Gasteiger partial charge in [-0.3, -0.25) is 4.79 Å². The molecule has 0 bridgehead atoms. The van der Waals surface area contributed by atoms with Gasteiger partial charge in [0.15, 0.2) is 8.32 Å². The lowest BCUT2D eigenvalue weighted by Gasteiger charge is -2.48. The van der Waals surface area contributed by atoms with Crippen LogP contribution in [0, 0.1) is 0 Å². The molecule has 0 spiro atoms. The van der Waals surface area contributed by atoms with E-state index in [0.29, 0.717) is 0 Å². The molecule has 0 aliphatic carbocycles. The zero-order valence-electron chi connectivity index (χ0n) is 19.2. The second kappa shape index (κ2) is 7.72. The minimum atomic E-state index is -2.25. The maximum absolute atomic E-state index is 12.9. The molecule has 1 aliphatic rings. The zero-order chi connectivity index (χ0) is 22.3. The van der Waals surface area contributed by atoms with Crippen molar-refractivity contribution in [2.75, 3.05) is 0 Å². The standard InChI is InChI=1S/C23H35NO4Si/c1-21(2,3)27-20(26)24-18(15-16-19(24)25)23(7,17-13-11-10-12-14-17)28-29(8,9)22(4,5)6/h10-16,18H,1-9H3/t18-,23-/m0/s1. The molecule has 0 fully saturated rings. The normalized spacial score (nSPS) is 20.0. The minimum Gasteiger partial charge on any atom is -0.443 e. The van der Waals surface area contributed by atoms with Crippen LogP contribution in [-0.4, -0.2) is 36.9 Å². The van der Waals surface area contributed by atoms with Crippen molar-refractivity contribution in [1.82, 2.24) is 4.90 Å². The van der Waals surface area contributed by atoms with Crippen molar-refractivity contribution >= 4 is 20.3 Å². The quantitative estimate of drug-likeness (QED) is 0.596. The summed E-state index contributed by atoms with van der Waals surface area (Å²) in [4.78, 5) is 26.8. The van der Waals surface area contributed by atoms with Crippen LogP contribution < -0.4 is 0 Å². The van der Waals surface area contributed by atoms with Gasteiger partial charge in [0.1, 0.15) is 11.2 Å². The molecule has 0 saturated carbocycles. The molecule has 1 heterocycles. The third kappa shape index (κ3) is 4.98. The van der Waals surface area contributed by atoms with Gasteiger partial charge in [-0.05, 0) is 51.4 Å². The molecule has 2 atom stereocenters. The van der Waals surface area contributed by atoms with Crippen LogP contribution in [0.1, 0.15) is 54.0 Å². The van der Waals surface area contributed by atoms with E-state index in [-0.39, 0.29) is 10.9 Å². The van der Waals surface area contributed by atoms with Crippen LogP contribution in [0.25, 0.3) is 0 Å². The number of nitrogens with zero attached hydrogens (tertiary/aromatic N) is 1. The molecule has 6 heteroatoms. The Morgan fingerprint density at radius 3 is 2.03 bits per heavy atom. The Morgan fingerprint density at radius 1 is 1.00 bits per heavy atom. The number of carbonyl (C=O) groups excluding carboxylic acids is 2. The summed E-state index contributed by atoms with van der Waals surface area (Å²) in [6.45, 7) is 18.2. The molecule has 2 rings (SSSR count). The summed E-state index contributed by atoms with van der Waals surface area (Å²) in [7, 11) is -2.25. The van der Waals surface area contributed by atoms with Crippen molar-refractivity contribution in [3.8, 4) is 0 Å². The van der Waals surface area contributed by atoms with Crippen molar-refractivity contribution < 1.29 is 18.8 Å². The van der Waals surface area contributed by atoms with Gasteiger partial charge >= 0.3 is 6.09 Å². The average Bonchev–Trinajstić information content (AvgIpc) is 2.95. The lowest BCUT2D eigenvalue weighted by atomic mass is 9.88. The molecule has 29 heavy (non-hydrogen) atoms. The Labute approximate surface area is 176 Å². The van der Waals surface area contributed by atoms with Crippen LogP contribution in [0.2, 0.25) is 18.1 Å². The first-order valence-electron chi connectivity index (χ1n) is 10.1. The molecule has 0 saturated heterocycles. The Morgan fingerprint density at radius 2 is 1.55 bits per heavy atom. The van der Waals surface area contributed by atoms with E-state index in [1.807, 2.05) is 37.3 Å². The first-order chi connectivity index (χ1) is 13.1. The Bertz CT molecular complexity index is 789. The summed E-state index contributed by atoms with van der Waals surface area (Å²) in [5.41, 5.74) is -0.680. The van der Waals surface area contributed by atoms with Crippen molar-refractivity contribution in [2.24, 2.45) is 0 Å². The molecule has 5 nitrogen and oxygen atoms in total. The summed E-state index contributed by atoms with van der Waals surface area (Å²) in [6.07, 6.45) is 2.54. The highest BCUT2D eigenvalue weighted by atomic mass is 28.4. The summed E-state index contributed by atoms with van der Waals surface area (Å²) >= 11 is 0. The van der Waals surface area contributed by atoms with Gasteiger partial charge in [0.2, 0.25) is 0 Å². The van der Waals surface area contributed by atoms with Gasteiger partial charge < -0.3 is 9.16 Å². The van der Waals surface area contributed by atoms with Gasteiger partial charge in [-0.15, -0.1) is 0 Å². The Hall–Kier alpha value is -1.92. The highest BCUT2D eigenvalue weighted by Crippen LogP contribution is 2.45. The van der Waals surface area contributed by atoms with E-state index in [1.165, 1.54) is 11.0 Å². The van der Waals surface area contributed by atoms with Crippen LogP contribution >= 0.6 is 0 Å². The van der Waals surface area contributed by atoms with Gasteiger partial charge in [-0.2, -0.15) is 0 Å². The molecule has 1 aromatic carbocycles. The number of ether oxygens (including phenoxy) is 1. The van der Waals surface area contributed by atoms with Crippen LogP contribution in [0.4, 0.5) is 4.79 Å². The van der Waals surface area contributed by atoms with Crippen molar-refractivity contribution in [2.45, 2.75) is 83.8 Å². The summed E-state index contributed by atoms with van der Waals surface area (Å²) in [5.74, 6) is -0.384. The van der Waals surface area contributed by atoms with E-state index < -0.39 is 31.7 Å². The van der Waals surface area contributed by atoms with Crippen LogP contribution in [0.15, 0.2) is 42.5 Å². The fraction of sp³-hybridized carbons (Fsp3) is 0.565. The largest absolute Gasteiger partial charge is 0.443 e. The highest BCUT2D eigenvalue weighted by Gasteiger charge is 2.52. The van der Waals surface area contributed by atoms with E-state index >= 15 is 0 Å². The molecular weight excluding hydrogens is 382 g/mol. The van der Waals surface area contributed by atoms with Crippen LogP contribution in [0.3, 0.4) is 0 Å². The van der Waals surface area contributed by atoms with Gasteiger partial charge in [0, 0.05) is 6.08 Å². The number of imide groups is 1. The molecule has 0 N–H and O–H groups in total. The van der Waals surface area contributed by atoms with Crippen molar-refractivity contribution in [3.63, 3.8) is 0 Å². The topological polar surface area (TPSA) is 55.8 Å². The van der Waals surface area contributed by atoms with Crippen LogP contribution in [0.5, 0.6) is 0 Å². The molecule has 0 unspecified atom stereocenters. The van der Waals surface area contributed by atoms with Crippen molar-refractivity contribution in [3.05, 3.63) is 48.0 Å². The maximum atomic E-state index is 12.9. The first kappa shape index (κ1) is 23.4. The monoisotopic (exact) mass is 417 g/mol. The fourth-order valence-corrected chi connectivity index (χ4v) is 4.77. The lowest BCUT2D eigenvalue weighted by Crippen LogP contribution is -2.57. The zero-order valence-corrected chi connectivity index (χ0v) is 20.2. The first-order valence-corrected chi connectivity index (χ1v) is 13.0. The smallest absolute Gasteiger partial charge is 0.417 e. The second-order valence-electron chi connectivity index (χ2n) is 10.3. The number of hydrogen-bond donors (Lipinski definition) is 0. The molecule has 0 aromatic heterocycles. The van der Waals surface area contributed by atoms with E-state index in [0.717, 1.165) is 5.56 Å². The van der Waals surface area contributed by atoms with E-state index in [2.05, 4.69) is 33.9 Å².